The third kappa shape index (κ3) is 3.96. The summed E-state index contributed by atoms with van der Waals surface area (Å²) in [6, 6.07) is 23.0. The van der Waals surface area contributed by atoms with E-state index in [2.05, 4.69) is 21.5 Å². The van der Waals surface area contributed by atoms with E-state index in [-0.39, 0.29) is 5.91 Å². The number of nitrogens with zero attached hydrogens (tertiary/aromatic N) is 3. The van der Waals surface area contributed by atoms with Crippen LogP contribution in [0.25, 0.3) is 22.4 Å². The largest absolute Gasteiger partial charge is 0.463 e. The monoisotopic (exact) mass is 408 g/mol. The number of hydrogen-bond acceptors (Lipinski definition) is 4. The van der Waals surface area contributed by atoms with Crippen LogP contribution in [0.3, 0.4) is 0 Å². The maximum absolute atomic E-state index is 13.2. The van der Waals surface area contributed by atoms with Gasteiger partial charge in [-0.1, -0.05) is 42.5 Å². The minimum atomic E-state index is -0.153. The second-order valence-electron chi connectivity index (χ2n) is 7.20. The summed E-state index contributed by atoms with van der Waals surface area (Å²) in [5.74, 6) is 0.477. The van der Waals surface area contributed by atoms with Crippen molar-refractivity contribution < 1.29 is 9.21 Å². The summed E-state index contributed by atoms with van der Waals surface area (Å²) in [5, 5.41) is 8.16. The predicted octanol–water partition coefficient (Wildman–Crippen LogP) is 4.67. The number of furan rings is 1. The number of carbonyl (C=O) groups excluding carboxylic acids is 1. The van der Waals surface area contributed by atoms with Crippen LogP contribution in [-0.4, -0.2) is 20.7 Å². The van der Waals surface area contributed by atoms with E-state index in [1.807, 2.05) is 71.5 Å². The van der Waals surface area contributed by atoms with Crippen LogP contribution in [0.1, 0.15) is 21.5 Å². The molecule has 1 amide bonds. The Balaban J connectivity index is 1.43. The second-order valence-corrected chi connectivity index (χ2v) is 7.20. The number of rotatable bonds is 6. The van der Waals surface area contributed by atoms with Crippen LogP contribution in [0.5, 0.6) is 0 Å². The highest BCUT2D eigenvalue weighted by Gasteiger charge is 2.15. The molecule has 0 saturated heterocycles. The number of hydrogen-bond donors (Lipinski definition) is 1. The van der Waals surface area contributed by atoms with E-state index >= 15 is 0 Å². The van der Waals surface area contributed by atoms with Gasteiger partial charge in [0, 0.05) is 24.3 Å². The Bertz CT molecular complexity index is 1330. The molecule has 0 saturated carbocycles. The van der Waals surface area contributed by atoms with Crippen molar-refractivity contribution in [1.29, 1.82) is 0 Å². The molecule has 3 heterocycles. The molecule has 5 aromatic rings. The molecule has 0 bridgehead atoms. The zero-order valence-electron chi connectivity index (χ0n) is 16.7. The average Bonchev–Trinajstić information content (AvgIpc) is 3.52. The minimum Gasteiger partial charge on any atom is -0.463 e. The van der Waals surface area contributed by atoms with Crippen LogP contribution in [0.15, 0.2) is 95.9 Å². The molecule has 0 aliphatic carbocycles. The van der Waals surface area contributed by atoms with Crippen LogP contribution in [0.4, 0.5) is 0 Å². The van der Waals surface area contributed by atoms with Crippen LogP contribution in [0, 0.1) is 0 Å². The lowest BCUT2D eigenvalue weighted by molar-refractivity contribution is 0.0952. The van der Waals surface area contributed by atoms with Crippen molar-refractivity contribution in [2.75, 3.05) is 0 Å². The zero-order chi connectivity index (χ0) is 21.0. The van der Waals surface area contributed by atoms with E-state index in [4.69, 9.17) is 4.42 Å². The Morgan fingerprint density at radius 2 is 1.81 bits per heavy atom. The van der Waals surface area contributed by atoms with Gasteiger partial charge in [-0.3, -0.25) is 9.48 Å². The summed E-state index contributed by atoms with van der Waals surface area (Å²) in [7, 11) is 0. The first-order chi connectivity index (χ1) is 15.3. The Morgan fingerprint density at radius 3 is 2.61 bits per heavy atom. The van der Waals surface area contributed by atoms with Crippen LogP contribution in [0.2, 0.25) is 0 Å². The lowest BCUT2D eigenvalue weighted by atomic mass is 10.0. The molecule has 152 valence electrons. The van der Waals surface area contributed by atoms with E-state index in [1.54, 1.807) is 18.5 Å². The maximum atomic E-state index is 13.2. The van der Waals surface area contributed by atoms with Gasteiger partial charge in [0.2, 0.25) is 0 Å². The van der Waals surface area contributed by atoms with Crippen molar-refractivity contribution in [2.45, 2.75) is 13.1 Å². The van der Waals surface area contributed by atoms with Gasteiger partial charge in [-0.05, 0) is 41.5 Å². The molecular formula is C25H20N4O2. The molecule has 0 unspecified atom stereocenters. The number of nitrogens with one attached hydrogen (secondary N) is 1. The number of aromatic nitrogens is 3. The Kier molecular flexibility index (Phi) is 5.02. The Hall–Kier alpha value is -4.19. The average molecular weight is 408 g/mol. The van der Waals surface area contributed by atoms with Crippen molar-refractivity contribution in [1.82, 2.24) is 20.1 Å². The van der Waals surface area contributed by atoms with E-state index in [9.17, 15) is 4.79 Å². The third-order valence-electron chi connectivity index (χ3n) is 5.18. The highest BCUT2D eigenvalue weighted by molar-refractivity contribution is 6.07. The summed E-state index contributed by atoms with van der Waals surface area (Å²) in [6.07, 6.45) is 5.28. The quantitative estimate of drug-likeness (QED) is 0.443. The van der Waals surface area contributed by atoms with Crippen molar-refractivity contribution in [3.63, 3.8) is 0 Å². The molecule has 0 aliphatic heterocycles. The van der Waals surface area contributed by atoms with Crippen molar-refractivity contribution in [3.8, 4) is 11.5 Å². The first kappa shape index (κ1) is 18.8. The molecule has 0 spiro atoms. The summed E-state index contributed by atoms with van der Waals surface area (Å²) in [5.41, 5.74) is 4.12. The predicted molar refractivity (Wildman–Crippen MR) is 118 cm³/mol. The smallest absolute Gasteiger partial charge is 0.252 e. The number of carbonyl (C=O) groups is 1. The van der Waals surface area contributed by atoms with Gasteiger partial charge >= 0.3 is 0 Å². The lowest BCUT2D eigenvalue weighted by Gasteiger charge is -2.12. The normalized spacial score (nSPS) is 11.0. The molecule has 0 fully saturated rings. The first-order valence-electron chi connectivity index (χ1n) is 10.0. The number of benzene rings is 2. The van der Waals surface area contributed by atoms with Crippen molar-refractivity contribution in [3.05, 3.63) is 108 Å². The molecule has 6 nitrogen and oxygen atoms in total. The number of para-hydroxylation sites is 1. The molecule has 6 heteroatoms. The summed E-state index contributed by atoms with van der Waals surface area (Å²) >= 11 is 0. The van der Waals surface area contributed by atoms with Gasteiger partial charge in [-0.2, -0.15) is 5.10 Å². The number of amides is 1. The van der Waals surface area contributed by atoms with Crippen molar-refractivity contribution >= 4 is 16.8 Å². The number of pyridine rings is 1. The summed E-state index contributed by atoms with van der Waals surface area (Å²) < 4.78 is 7.36. The standard InChI is InChI=1S/C25H20N4O2/c30-25(26-16-18-7-1-2-8-19(18)17-29-13-6-12-27-29)21-15-23(24-11-5-14-31-24)28-22-10-4-3-9-20(21)22/h1-15H,16-17H2,(H,26,30). The van der Waals surface area contributed by atoms with Gasteiger partial charge in [0.05, 0.1) is 23.9 Å². The first-order valence-corrected chi connectivity index (χ1v) is 10.0. The Morgan fingerprint density at radius 1 is 0.968 bits per heavy atom. The molecule has 1 N–H and O–H groups in total. The van der Waals surface area contributed by atoms with Crippen LogP contribution >= 0.6 is 0 Å². The third-order valence-corrected chi connectivity index (χ3v) is 5.18. The molecule has 5 rings (SSSR count). The maximum Gasteiger partial charge on any atom is 0.252 e. The van der Waals surface area contributed by atoms with Crippen LogP contribution < -0.4 is 5.32 Å². The fraction of sp³-hybridized carbons (Fsp3) is 0.0800. The van der Waals surface area contributed by atoms with Crippen molar-refractivity contribution in [2.24, 2.45) is 0 Å². The van der Waals surface area contributed by atoms with E-state index in [1.165, 1.54) is 0 Å². The topological polar surface area (TPSA) is 73.0 Å². The highest BCUT2D eigenvalue weighted by Crippen LogP contribution is 2.25. The Labute approximate surface area is 179 Å². The SMILES string of the molecule is O=C(NCc1ccccc1Cn1cccn1)c1cc(-c2ccco2)nc2ccccc12. The second kappa shape index (κ2) is 8.28. The molecule has 0 atom stereocenters. The zero-order valence-corrected chi connectivity index (χ0v) is 16.7. The highest BCUT2D eigenvalue weighted by atomic mass is 16.3. The minimum absolute atomic E-state index is 0.153. The van der Waals surface area contributed by atoms with Gasteiger partial charge in [0.25, 0.3) is 5.91 Å². The van der Waals surface area contributed by atoms with E-state index in [0.29, 0.717) is 30.1 Å². The summed E-state index contributed by atoms with van der Waals surface area (Å²) in [6.45, 7) is 1.07. The van der Waals surface area contributed by atoms with Gasteiger partial charge < -0.3 is 9.73 Å². The summed E-state index contributed by atoms with van der Waals surface area (Å²) in [4.78, 5) is 17.8. The van der Waals surface area contributed by atoms with E-state index < -0.39 is 0 Å². The van der Waals surface area contributed by atoms with Gasteiger partial charge in [0.15, 0.2) is 5.76 Å². The molecule has 31 heavy (non-hydrogen) atoms. The fourth-order valence-electron chi connectivity index (χ4n) is 3.64. The van der Waals surface area contributed by atoms with Gasteiger partial charge in [0.1, 0.15) is 5.69 Å². The molecule has 0 radical (unpaired) electrons. The van der Waals surface area contributed by atoms with Crippen LogP contribution in [-0.2, 0) is 13.1 Å². The van der Waals surface area contributed by atoms with E-state index in [0.717, 1.165) is 22.0 Å². The molecule has 2 aromatic carbocycles. The number of fused-ring (bicyclic) bond motifs is 1. The fourth-order valence-corrected chi connectivity index (χ4v) is 3.64. The lowest BCUT2D eigenvalue weighted by Crippen LogP contribution is -2.24. The van der Waals surface area contributed by atoms with Gasteiger partial charge in [-0.15, -0.1) is 0 Å². The molecule has 3 aromatic heterocycles. The molecular weight excluding hydrogens is 388 g/mol. The van der Waals surface area contributed by atoms with Gasteiger partial charge in [-0.25, -0.2) is 4.98 Å². The molecule has 0 aliphatic rings.